The summed E-state index contributed by atoms with van der Waals surface area (Å²) in [6.07, 6.45) is 2.37. The molecule has 3 atom stereocenters. The second-order valence-electron chi connectivity index (χ2n) is 7.73. The molecule has 0 radical (unpaired) electrons. The molecule has 8 heteroatoms. The van der Waals surface area contributed by atoms with Gasteiger partial charge in [0.2, 0.25) is 0 Å². The van der Waals surface area contributed by atoms with Crippen LogP contribution in [0, 0.1) is 11.8 Å². The van der Waals surface area contributed by atoms with E-state index in [2.05, 4.69) is 43.9 Å². The van der Waals surface area contributed by atoms with Crippen molar-refractivity contribution in [1.82, 2.24) is 25.2 Å². The molecule has 7 nitrogen and oxygen atoms in total. The van der Waals surface area contributed by atoms with Crippen LogP contribution in [0.15, 0.2) is 36.7 Å². The number of aromatic nitrogens is 3. The van der Waals surface area contributed by atoms with Crippen molar-refractivity contribution in [3.63, 3.8) is 0 Å². The van der Waals surface area contributed by atoms with Gasteiger partial charge in [0.25, 0.3) is 5.91 Å². The second-order valence-corrected chi connectivity index (χ2v) is 7.73. The van der Waals surface area contributed by atoms with Crippen molar-refractivity contribution < 1.29 is 4.79 Å². The maximum absolute atomic E-state index is 13.5. The number of amides is 1. The lowest BCUT2D eigenvalue weighted by molar-refractivity contribution is 0.0941. The number of fused-ring (bicyclic) bond motifs is 1. The van der Waals surface area contributed by atoms with Gasteiger partial charge >= 0.3 is 0 Å². The Kier molecular flexibility index (Phi) is 6.84. The van der Waals surface area contributed by atoms with Gasteiger partial charge in [0.05, 0.1) is 23.0 Å². The Morgan fingerprint density at radius 1 is 1.32 bits per heavy atom. The number of benzene rings is 1. The molecule has 1 aliphatic rings. The number of carbonyl (C=O) groups is 1. The lowest BCUT2D eigenvalue weighted by atomic mass is 10.1. The van der Waals surface area contributed by atoms with Crippen molar-refractivity contribution in [3.05, 3.63) is 53.5 Å². The largest absolute Gasteiger partial charge is 0.383 e. The molecule has 4 rings (SSSR count). The third-order valence-electron chi connectivity index (χ3n) is 5.62. The Labute approximate surface area is 188 Å². The minimum Gasteiger partial charge on any atom is -0.383 e. The Balaban J connectivity index is 0.00000272. The summed E-state index contributed by atoms with van der Waals surface area (Å²) in [4.78, 5) is 22.1. The van der Waals surface area contributed by atoms with Crippen LogP contribution in [0.1, 0.15) is 60.9 Å². The van der Waals surface area contributed by atoms with Crippen LogP contribution in [0.5, 0.6) is 0 Å². The van der Waals surface area contributed by atoms with Gasteiger partial charge in [0.1, 0.15) is 23.5 Å². The van der Waals surface area contributed by atoms with E-state index in [4.69, 9.17) is 5.73 Å². The number of rotatable bonds is 4. The van der Waals surface area contributed by atoms with E-state index in [1.54, 1.807) is 6.92 Å². The number of halogens is 1. The summed E-state index contributed by atoms with van der Waals surface area (Å²) in [6, 6.07) is 10.2. The Hall–Kier alpha value is -3.08. The number of nitrogens with two attached hydrogens (primary N) is 1. The number of nitrogens with one attached hydrogen (secondary N) is 2. The fourth-order valence-electron chi connectivity index (χ4n) is 4.18. The molecule has 1 fully saturated rings. The maximum Gasteiger partial charge on any atom is 0.255 e. The van der Waals surface area contributed by atoms with E-state index in [1.165, 1.54) is 6.33 Å². The maximum atomic E-state index is 13.5. The number of anilines is 1. The number of nitrogens with zero attached hydrogens (tertiary/aromatic N) is 3. The fraction of sp³-hybridized carbons (Fsp3) is 0.348. The average molecular weight is 439 g/mol. The molecule has 1 amide bonds. The van der Waals surface area contributed by atoms with E-state index >= 15 is 0 Å². The molecular weight excluding hydrogens is 412 g/mol. The summed E-state index contributed by atoms with van der Waals surface area (Å²) in [5, 5.41) is 7.12. The molecule has 0 aliphatic carbocycles. The van der Waals surface area contributed by atoms with Crippen LogP contribution in [0.25, 0.3) is 11.0 Å². The van der Waals surface area contributed by atoms with Gasteiger partial charge in [-0.1, -0.05) is 36.3 Å². The van der Waals surface area contributed by atoms with Crippen molar-refractivity contribution >= 4 is 35.2 Å². The van der Waals surface area contributed by atoms with Crippen LogP contribution < -0.4 is 16.4 Å². The van der Waals surface area contributed by atoms with Crippen LogP contribution in [-0.4, -0.2) is 33.0 Å². The van der Waals surface area contributed by atoms with Crippen LogP contribution in [0.4, 0.5) is 5.82 Å². The highest BCUT2D eigenvalue weighted by Gasteiger charge is 2.31. The summed E-state index contributed by atoms with van der Waals surface area (Å²) >= 11 is 0. The zero-order chi connectivity index (χ0) is 21.3. The summed E-state index contributed by atoms with van der Waals surface area (Å²) < 4.78 is 2.06. The molecule has 4 N–H and O–H groups in total. The van der Waals surface area contributed by atoms with E-state index in [-0.39, 0.29) is 36.2 Å². The van der Waals surface area contributed by atoms with Crippen molar-refractivity contribution in [1.29, 1.82) is 0 Å². The van der Waals surface area contributed by atoms with Gasteiger partial charge in [-0.25, -0.2) is 9.97 Å². The first-order valence-corrected chi connectivity index (χ1v) is 10.2. The Bertz CT molecular complexity index is 1150. The fourth-order valence-corrected chi connectivity index (χ4v) is 4.18. The highest BCUT2D eigenvalue weighted by atomic mass is 35.5. The molecule has 2 aromatic heterocycles. The van der Waals surface area contributed by atoms with Crippen LogP contribution >= 0.6 is 12.4 Å². The van der Waals surface area contributed by atoms with Gasteiger partial charge in [-0.3, -0.25) is 4.79 Å². The highest BCUT2D eigenvalue weighted by Crippen LogP contribution is 2.34. The zero-order valence-electron chi connectivity index (χ0n) is 17.8. The topological polar surface area (TPSA) is 97.9 Å². The third kappa shape index (κ3) is 4.22. The monoisotopic (exact) mass is 438 g/mol. The molecule has 31 heavy (non-hydrogen) atoms. The first-order valence-electron chi connectivity index (χ1n) is 10.2. The number of carbonyl (C=O) groups excluding carboxylic acids is 1. The molecule has 0 bridgehead atoms. The van der Waals surface area contributed by atoms with Gasteiger partial charge in [0, 0.05) is 12.6 Å². The lowest BCUT2D eigenvalue weighted by Crippen LogP contribution is -2.27. The quantitative estimate of drug-likeness (QED) is 0.543. The minimum atomic E-state index is -0.228. The number of hydrogen-bond donors (Lipinski definition) is 3. The van der Waals surface area contributed by atoms with Gasteiger partial charge in [0.15, 0.2) is 0 Å². The van der Waals surface area contributed by atoms with Crippen molar-refractivity contribution in [3.8, 4) is 11.8 Å². The molecule has 1 unspecified atom stereocenters. The molecule has 0 spiro atoms. The van der Waals surface area contributed by atoms with E-state index < -0.39 is 0 Å². The average Bonchev–Trinajstić information content (AvgIpc) is 3.30. The van der Waals surface area contributed by atoms with Crippen molar-refractivity contribution in [2.24, 2.45) is 0 Å². The number of nitrogen functional groups attached to an aromatic ring is 1. The molecule has 3 heterocycles. The summed E-state index contributed by atoms with van der Waals surface area (Å²) in [5.74, 6) is 6.17. The summed E-state index contributed by atoms with van der Waals surface area (Å²) in [7, 11) is 0. The normalized spacial score (nSPS) is 18.7. The Morgan fingerprint density at radius 3 is 2.71 bits per heavy atom. The zero-order valence-corrected chi connectivity index (χ0v) is 18.7. The van der Waals surface area contributed by atoms with Gasteiger partial charge in [-0.15, -0.1) is 12.4 Å². The first-order chi connectivity index (χ1) is 14.5. The van der Waals surface area contributed by atoms with Crippen molar-refractivity contribution in [2.45, 2.75) is 45.3 Å². The van der Waals surface area contributed by atoms with E-state index in [1.807, 2.05) is 37.3 Å². The molecule has 1 aromatic carbocycles. The van der Waals surface area contributed by atoms with E-state index in [9.17, 15) is 4.79 Å². The molecule has 1 saturated heterocycles. The summed E-state index contributed by atoms with van der Waals surface area (Å²) in [6.45, 7) is 6.66. The lowest BCUT2D eigenvalue weighted by Gasteiger charge is -2.16. The predicted molar refractivity (Wildman–Crippen MR) is 125 cm³/mol. The molecule has 1 aliphatic heterocycles. The predicted octanol–water partition coefficient (Wildman–Crippen LogP) is 3.22. The molecule has 0 saturated carbocycles. The Morgan fingerprint density at radius 2 is 2.06 bits per heavy atom. The standard InChI is InChI=1S/C23H26N6O.ClH/c1-4-8-18-19(23(30)28-15(3)16-9-6-5-7-10-16)20-21(24)26-13-27-22(20)29(18)17-11-14(2)25-12-17;/h5-7,9-10,13-15,17,25H,11-12H2,1-3H3,(H,28,30)(H2,24,26,27);1H/t14-,15?,17+;/m0./s1. The third-order valence-corrected chi connectivity index (χ3v) is 5.62. The van der Waals surface area contributed by atoms with Gasteiger partial charge < -0.3 is 20.9 Å². The smallest absolute Gasteiger partial charge is 0.255 e. The molecular formula is C23H27ClN6O. The molecule has 162 valence electrons. The van der Waals surface area contributed by atoms with Crippen molar-refractivity contribution in [2.75, 3.05) is 12.3 Å². The highest BCUT2D eigenvalue weighted by molar-refractivity contribution is 6.11. The van der Waals surface area contributed by atoms with Gasteiger partial charge in [-0.2, -0.15) is 0 Å². The second kappa shape index (κ2) is 9.38. The SMILES string of the molecule is CC#Cc1c(C(=O)NC(C)c2ccccc2)c2c(N)ncnc2n1[C@H]1CN[C@@H](C)C1.Cl. The number of hydrogen-bond acceptors (Lipinski definition) is 5. The minimum absolute atomic E-state index is 0. The van der Waals surface area contributed by atoms with E-state index in [0.717, 1.165) is 18.5 Å². The van der Waals surface area contributed by atoms with Crippen LogP contribution in [0.2, 0.25) is 0 Å². The molecule has 3 aromatic rings. The van der Waals surface area contributed by atoms with E-state index in [0.29, 0.717) is 28.3 Å². The van der Waals surface area contributed by atoms with Crippen LogP contribution in [-0.2, 0) is 0 Å². The van der Waals surface area contributed by atoms with Gasteiger partial charge in [-0.05, 0) is 38.7 Å². The van der Waals surface area contributed by atoms with Crippen LogP contribution in [0.3, 0.4) is 0 Å². The summed E-state index contributed by atoms with van der Waals surface area (Å²) in [5.41, 5.74) is 8.99. The first kappa shape index (κ1) is 22.6.